The van der Waals surface area contributed by atoms with Crippen LogP contribution >= 0.6 is 0 Å². The number of hydrogen-bond donors (Lipinski definition) is 2. The number of hydrogen-bond acceptors (Lipinski definition) is 4. The van der Waals surface area contributed by atoms with Crippen LogP contribution in [-0.4, -0.2) is 68.1 Å². The van der Waals surface area contributed by atoms with Crippen LogP contribution in [0.15, 0.2) is 0 Å². The molecule has 3 N–H and O–H groups in total. The zero-order chi connectivity index (χ0) is 12.1. The van der Waals surface area contributed by atoms with Gasteiger partial charge in [-0.25, -0.2) is 0 Å². The average molecular weight is 240 g/mol. The number of nitrogens with two attached hydrogens (primary N) is 1. The molecule has 2 saturated heterocycles. The van der Waals surface area contributed by atoms with E-state index in [1.54, 1.807) is 0 Å². The number of primary amides is 1. The van der Waals surface area contributed by atoms with Crippen LogP contribution < -0.4 is 11.1 Å². The van der Waals surface area contributed by atoms with Crippen LogP contribution in [0.25, 0.3) is 0 Å². The Labute approximate surface area is 103 Å². The molecule has 1 amide bonds. The fraction of sp³-hybridized carbons (Fsp3) is 0.917. The number of piperidine rings is 1. The third kappa shape index (κ3) is 3.94. The van der Waals surface area contributed by atoms with Gasteiger partial charge in [-0.2, -0.15) is 0 Å². The Hall–Kier alpha value is -0.650. The number of carbonyl (C=O) groups is 1. The van der Waals surface area contributed by atoms with E-state index in [4.69, 9.17) is 5.73 Å². The molecule has 17 heavy (non-hydrogen) atoms. The molecule has 0 aromatic heterocycles. The molecule has 5 nitrogen and oxygen atoms in total. The highest BCUT2D eigenvalue weighted by atomic mass is 16.1. The zero-order valence-corrected chi connectivity index (χ0v) is 10.5. The molecule has 2 fully saturated rings. The number of piperazine rings is 1. The lowest BCUT2D eigenvalue weighted by Gasteiger charge is -2.33. The number of nitrogens with zero attached hydrogens (tertiary/aromatic N) is 2. The minimum atomic E-state index is -0.119. The highest BCUT2D eigenvalue weighted by molar-refractivity contribution is 5.76. The maximum Gasteiger partial charge on any atom is 0.220 e. The molecule has 0 saturated carbocycles. The first-order valence-corrected chi connectivity index (χ1v) is 6.70. The first kappa shape index (κ1) is 12.8. The Morgan fingerprint density at radius 1 is 1.06 bits per heavy atom. The summed E-state index contributed by atoms with van der Waals surface area (Å²) in [6, 6.07) is 0. The predicted molar refractivity (Wildman–Crippen MR) is 67.7 cm³/mol. The minimum Gasteiger partial charge on any atom is -0.369 e. The SMILES string of the molecule is NC(=O)C1CCN(CCN2CCNCC2)CC1. The summed E-state index contributed by atoms with van der Waals surface area (Å²) in [4.78, 5) is 16.0. The summed E-state index contributed by atoms with van der Waals surface area (Å²) in [5, 5.41) is 3.36. The van der Waals surface area contributed by atoms with Gasteiger partial charge in [-0.3, -0.25) is 9.69 Å². The van der Waals surface area contributed by atoms with Crippen molar-refractivity contribution in [1.29, 1.82) is 0 Å². The quantitative estimate of drug-likeness (QED) is 0.668. The topological polar surface area (TPSA) is 61.6 Å². The van der Waals surface area contributed by atoms with Crippen molar-refractivity contribution >= 4 is 5.91 Å². The van der Waals surface area contributed by atoms with Crippen molar-refractivity contribution < 1.29 is 4.79 Å². The molecular weight excluding hydrogens is 216 g/mol. The third-order valence-electron chi connectivity index (χ3n) is 3.93. The molecule has 0 bridgehead atoms. The van der Waals surface area contributed by atoms with Gasteiger partial charge in [-0.05, 0) is 25.9 Å². The Balaban J connectivity index is 1.62. The van der Waals surface area contributed by atoms with Crippen LogP contribution in [0.4, 0.5) is 0 Å². The second kappa shape index (κ2) is 6.33. The lowest BCUT2D eigenvalue weighted by atomic mass is 9.96. The molecule has 0 atom stereocenters. The second-order valence-corrected chi connectivity index (χ2v) is 5.11. The lowest BCUT2D eigenvalue weighted by molar-refractivity contribution is -0.123. The molecule has 2 heterocycles. The van der Waals surface area contributed by atoms with Gasteiger partial charge < -0.3 is 16.0 Å². The van der Waals surface area contributed by atoms with Crippen molar-refractivity contribution in [2.45, 2.75) is 12.8 Å². The van der Waals surface area contributed by atoms with Gasteiger partial charge in [0.2, 0.25) is 5.91 Å². The maximum absolute atomic E-state index is 11.1. The molecular formula is C12H24N4O. The first-order valence-electron chi connectivity index (χ1n) is 6.70. The molecule has 0 radical (unpaired) electrons. The van der Waals surface area contributed by atoms with Crippen molar-refractivity contribution in [3.63, 3.8) is 0 Å². The van der Waals surface area contributed by atoms with Crippen LogP contribution in [-0.2, 0) is 4.79 Å². The Bertz CT molecular complexity index is 245. The number of carbonyl (C=O) groups excluding carboxylic acids is 1. The molecule has 98 valence electrons. The zero-order valence-electron chi connectivity index (χ0n) is 10.5. The minimum absolute atomic E-state index is 0.116. The van der Waals surface area contributed by atoms with Crippen molar-refractivity contribution in [3.05, 3.63) is 0 Å². The Kier molecular flexibility index (Phi) is 4.76. The number of rotatable bonds is 4. The maximum atomic E-state index is 11.1. The van der Waals surface area contributed by atoms with E-state index in [0.717, 1.165) is 65.2 Å². The van der Waals surface area contributed by atoms with E-state index in [2.05, 4.69) is 15.1 Å². The van der Waals surface area contributed by atoms with Crippen molar-refractivity contribution in [2.24, 2.45) is 11.7 Å². The monoisotopic (exact) mass is 240 g/mol. The van der Waals surface area contributed by atoms with Gasteiger partial charge in [-0.15, -0.1) is 0 Å². The van der Waals surface area contributed by atoms with E-state index in [1.807, 2.05) is 0 Å². The molecule has 0 aliphatic carbocycles. The summed E-state index contributed by atoms with van der Waals surface area (Å²) < 4.78 is 0. The van der Waals surface area contributed by atoms with Crippen molar-refractivity contribution in [1.82, 2.24) is 15.1 Å². The third-order valence-corrected chi connectivity index (χ3v) is 3.93. The van der Waals surface area contributed by atoms with Gasteiger partial charge in [0.25, 0.3) is 0 Å². The van der Waals surface area contributed by atoms with Crippen molar-refractivity contribution in [3.8, 4) is 0 Å². The predicted octanol–water partition coefficient (Wildman–Crippen LogP) is -0.911. The van der Waals surface area contributed by atoms with Crippen LogP contribution in [0, 0.1) is 5.92 Å². The van der Waals surface area contributed by atoms with Gasteiger partial charge in [-0.1, -0.05) is 0 Å². The van der Waals surface area contributed by atoms with Gasteiger partial charge in [0, 0.05) is 45.2 Å². The molecule has 0 unspecified atom stereocenters. The summed E-state index contributed by atoms with van der Waals surface area (Å²) in [6.07, 6.45) is 1.88. The molecule has 2 aliphatic heterocycles. The van der Waals surface area contributed by atoms with Crippen molar-refractivity contribution in [2.75, 3.05) is 52.4 Å². The highest BCUT2D eigenvalue weighted by Crippen LogP contribution is 2.16. The van der Waals surface area contributed by atoms with Crippen LogP contribution in [0.2, 0.25) is 0 Å². The van der Waals surface area contributed by atoms with E-state index < -0.39 is 0 Å². The van der Waals surface area contributed by atoms with Gasteiger partial charge in [0.1, 0.15) is 0 Å². The van der Waals surface area contributed by atoms with E-state index in [0.29, 0.717) is 0 Å². The first-order chi connectivity index (χ1) is 8.25. The fourth-order valence-corrected chi connectivity index (χ4v) is 2.66. The average Bonchev–Trinajstić information content (AvgIpc) is 2.38. The van der Waals surface area contributed by atoms with Gasteiger partial charge in [0.05, 0.1) is 0 Å². The second-order valence-electron chi connectivity index (χ2n) is 5.11. The normalized spacial score (nSPS) is 24.9. The lowest BCUT2D eigenvalue weighted by Crippen LogP contribution is -2.47. The van der Waals surface area contributed by atoms with E-state index >= 15 is 0 Å². The van der Waals surface area contributed by atoms with Crippen LogP contribution in [0.1, 0.15) is 12.8 Å². The molecule has 5 heteroatoms. The van der Waals surface area contributed by atoms with Crippen LogP contribution in [0.3, 0.4) is 0 Å². The molecule has 0 spiro atoms. The fourth-order valence-electron chi connectivity index (χ4n) is 2.66. The van der Waals surface area contributed by atoms with E-state index in [-0.39, 0.29) is 11.8 Å². The van der Waals surface area contributed by atoms with E-state index in [9.17, 15) is 4.79 Å². The molecule has 0 aromatic carbocycles. The Morgan fingerprint density at radius 3 is 2.12 bits per heavy atom. The molecule has 2 rings (SSSR count). The number of likely N-dealkylation sites (tertiary alicyclic amines) is 1. The highest BCUT2D eigenvalue weighted by Gasteiger charge is 2.23. The number of amides is 1. The smallest absolute Gasteiger partial charge is 0.220 e. The summed E-state index contributed by atoms with van der Waals surface area (Å²) in [7, 11) is 0. The summed E-state index contributed by atoms with van der Waals surface area (Å²) in [6.45, 7) is 8.90. The largest absolute Gasteiger partial charge is 0.369 e. The number of nitrogens with one attached hydrogen (secondary N) is 1. The summed E-state index contributed by atoms with van der Waals surface area (Å²) >= 11 is 0. The van der Waals surface area contributed by atoms with Crippen LogP contribution in [0.5, 0.6) is 0 Å². The summed E-state index contributed by atoms with van der Waals surface area (Å²) in [5.41, 5.74) is 5.33. The van der Waals surface area contributed by atoms with E-state index in [1.165, 1.54) is 0 Å². The molecule has 2 aliphatic rings. The summed E-state index contributed by atoms with van der Waals surface area (Å²) in [5.74, 6) is -0.00260. The van der Waals surface area contributed by atoms with Gasteiger partial charge >= 0.3 is 0 Å². The Morgan fingerprint density at radius 2 is 1.59 bits per heavy atom. The molecule has 0 aromatic rings. The standard InChI is InChI=1S/C12H24N4O/c13-12(17)11-1-5-15(6-2-11)9-10-16-7-3-14-4-8-16/h11,14H,1-10H2,(H2,13,17). The van der Waals surface area contributed by atoms with Gasteiger partial charge in [0.15, 0.2) is 0 Å².